The van der Waals surface area contributed by atoms with Crippen molar-refractivity contribution in [2.24, 2.45) is 0 Å². The topological polar surface area (TPSA) is 60.9 Å². The molecule has 0 unspecified atom stereocenters. The van der Waals surface area contributed by atoms with Crippen molar-refractivity contribution in [3.05, 3.63) is 77.0 Å². The Kier molecular flexibility index (Phi) is 5.68. The minimum absolute atomic E-state index is 0.167. The van der Waals surface area contributed by atoms with Crippen LogP contribution in [0.25, 0.3) is 11.3 Å². The lowest BCUT2D eigenvalue weighted by molar-refractivity contribution is 0.174. The Hall–Kier alpha value is -2.37. The minimum Gasteiger partial charge on any atom is -0.386 e. The zero-order valence-corrected chi connectivity index (χ0v) is 15.1. The van der Waals surface area contributed by atoms with Gasteiger partial charge >= 0.3 is 0 Å². The van der Waals surface area contributed by atoms with Crippen LogP contribution in [-0.2, 0) is 6.42 Å². The van der Waals surface area contributed by atoms with Crippen LogP contribution in [-0.4, -0.2) is 27.7 Å². The summed E-state index contributed by atoms with van der Waals surface area (Å²) in [6.07, 6.45) is 2.11. The average molecular weight is 353 g/mol. The summed E-state index contributed by atoms with van der Waals surface area (Å²) in [4.78, 5) is 9.12. The maximum Gasteiger partial charge on any atom is 0.112 e. The van der Waals surface area contributed by atoms with Crippen molar-refractivity contribution in [1.29, 1.82) is 0 Å². The van der Waals surface area contributed by atoms with Gasteiger partial charge in [0.05, 0.1) is 5.69 Å². The molecule has 0 spiro atoms. The van der Waals surface area contributed by atoms with E-state index in [-0.39, 0.29) is 5.92 Å². The lowest BCUT2D eigenvalue weighted by atomic mass is 10.0. The summed E-state index contributed by atoms with van der Waals surface area (Å²) in [5.74, 6) is 0.590. The third-order valence-corrected chi connectivity index (χ3v) is 5.17. The van der Waals surface area contributed by atoms with Crippen molar-refractivity contribution >= 4 is 11.3 Å². The largest absolute Gasteiger partial charge is 0.386 e. The van der Waals surface area contributed by atoms with Gasteiger partial charge in [-0.25, -0.2) is 4.98 Å². The number of imidazole rings is 1. The molecule has 0 aliphatic rings. The Bertz CT molecular complexity index is 795. The second-order valence-corrected chi connectivity index (χ2v) is 7.08. The van der Waals surface area contributed by atoms with Gasteiger partial charge in [0.1, 0.15) is 11.9 Å². The highest BCUT2D eigenvalue weighted by molar-refractivity contribution is 7.09. The number of H-pyrrole nitrogens is 1. The molecule has 2 aromatic heterocycles. The SMILES string of the molecule is C=C(NCCc1cccs1)[C@H](O)[C@@H](C)c1nc(-c2ccccc2)c[nH]1. The Morgan fingerprint density at radius 2 is 2.08 bits per heavy atom. The molecule has 4 nitrogen and oxygen atoms in total. The van der Waals surface area contributed by atoms with Crippen LogP contribution < -0.4 is 5.32 Å². The molecule has 25 heavy (non-hydrogen) atoms. The first-order valence-corrected chi connectivity index (χ1v) is 9.27. The van der Waals surface area contributed by atoms with E-state index in [2.05, 4.69) is 33.3 Å². The standard InChI is InChI=1S/C20H23N3OS/c1-14(19(24)15(2)21-11-10-17-9-6-12-25-17)20-22-13-18(23-20)16-7-4-3-5-8-16/h3-9,12-14,19,21,24H,2,10-11H2,1H3,(H,22,23)/t14-,19-/m1/s1. The van der Waals surface area contributed by atoms with Crippen LogP contribution in [0.15, 0.2) is 66.3 Å². The summed E-state index contributed by atoms with van der Waals surface area (Å²) >= 11 is 1.74. The Balaban J connectivity index is 1.57. The number of nitrogens with one attached hydrogen (secondary N) is 2. The fourth-order valence-corrected chi connectivity index (χ4v) is 3.39. The molecule has 0 bridgehead atoms. The van der Waals surface area contributed by atoms with Crippen molar-refractivity contribution in [3.8, 4) is 11.3 Å². The van der Waals surface area contributed by atoms with E-state index in [1.54, 1.807) is 11.3 Å². The first-order valence-electron chi connectivity index (χ1n) is 8.39. The van der Waals surface area contributed by atoms with E-state index < -0.39 is 6.10 Å². The van der Waals surface area contributed by atoms with Crippen molar-refractivity contribution in [2.75, 3.05) is 6.54 Å². The first kappa shape index (κ1) is 17.5. The average Bonchev–Trinajstić information content (AvgIpc) is 3.33. The van der Waals surface area contributed by atoms with Crippen LogP contribution in [0.1, 0.15) is 23.5 Å². The van der Waals surface area contributed by atoms with Gasteiger partial charge in [0.25, 0.3) is 0 Å². The number of hydrogen-bond acceptors (Lipinski definition) is 4. The van der Waals surface area contributed by atoms with Crippen LogP contribution in [0.2, 0.25) is 0 Å². The Morgan fingerprint density at radius 1 is 1.28 bits per heavy atom. The molecule has 0 radical (unpaired) electrons. The van der Waals surface area contributed by atoms with Crippen LogP contribution in [0, 0.1) is 0 Å². The fourth-order valence-electron chi connectivity index (χ4n) is 2.68. The minimum atomic E-state index is -0.696. The molecule has 0 amide bonds. The van der Waals surface area contributed by atoms with Crippen LogP contribution in [0.5, 0.6) is 0 Å². The second kappa shape index (κ2) is 8.14. The van der Waals surface area contributed by atoms with Gasteiger partial charge in [0.15, 0.2) is 0 Å². The van der Waals surface area contributed by atoms with Crippen molar-refractivity contribution in [2.45, 2.75) is 25.4 Å². The van der Waals surface area contributed by atoms with E-state index in [0.29, 0.717) is 5.70 Å². The summed E-state index contributed by atoms with van der Waals surface area (Å²) < 4.78 is 0. The highest BCUT2D eigenvalue weighted by Crippen LogP contribution is 2.23. The fraction of sp³-hybridized carbons (Fsp3) is 0.250. The van der Waals surface area contributed by atoms with Crippen molar-refractivity contribution in [3.63, 3.8) is 0 Å². The van der Waals surface area contributed by atoms with Gasteiger partial charge in [0, 0.05) is 34.8 Å². The third kappa shape index (κ3) is 4.38. The molecule has 0 saturated carbocycles. The zero-order chi connectivity index (χ0) is 17.6. The molecule has 3 aromatic rings. The number of aliphatic hydroxyl groups excluding tert-OH is 1. The van der Waals surface area contributed by atoms with E-state index in [4.69, 9.17) is 0 Å². The van der Waals surface area contributed by atoms with Crippen LogP contribution in [0.4, 0.5) is 0 Å². The summed E-state index contributed by atoms with van der Waals surface area (Å²) in [6, 6.07) is 14.2. The lowest BCUT2D eigenvalue weighted by Gasteiger charge is -2.20. The monoisotopic (exact) mass is 353 g/mol. The molecule has 3 rings (SSSR count). The molecule has 0 fully saturated rings. The summed E-state index contributed by atoms with van der Waals surface area (Å²) in [5.41, 5.74) is 2.56. The van der Waals surface area contributed by atoms with E-state index in [0.717, 1.165) is 30.0 Å². The van der Waals surface area contributed by atoms with Crippen molar-refractivity contribution in [1.82, 2.24) is 15.3 Å². The van der Waals surface area contributed by atoms with Gasteiger partial charge in [-0.3, -0.25) is 0 Å². The summed E-state index contributed by atoms with van der Waals surface area (Å²) in [7, 11) is 0. The molecule has 0 saturated heterocycles. The number of aromatic amines is 1. The molecule has 3 N–H and O–H groups in total. The Labute approximate surface area is 152 Å². The number of nitrogens with zero attached hydrogens (tertiary/aromatic N) is 1. The van der Waals surface area contributed by atoms with E-state index in [9.17, 15) is 5.11 Å². The third-order valence-electron chi connectivity index (χ3n) is 4.23. The molecule has 0 aliphatic carbocycles. The summed E-state index contributed by atoms with van der Waals surface area (Å²) in [6.45, 7) is 6.69. The molecular weight excluding hydrogens is 330 g/mol. The normalized spacial score (nSPS) is 13.4. The number of thiophene rings is 1. The van der Waals surface area contributed by atoms with E-state index in [1.165, 1.54) is 4.88 Å². The predicted molar refractivity (Wildman–Crippen MR) is 104 cm³/mol. The van der Waals surface area contributed by atoms with Crippen LogP contribution >= 0.6 is 11.3 Å². The van der Waals surface area contributed by atoms with E-state index in [1.807, 2.05) is 49.5 Å². The number of aromatic nitrogens is 2. The molecule has 1 aromatic carbocycles. The highest BCUT2D eigenvalue weighted by atomic mass is 32.1. The maximum atomic E-state index is 10.6. The first-order chi connectivity index (χ1) is 12.1. The smallest absolute Gasteiger partial charge is 0.112 e. The van der Waals surface area contributed by atoms with Gasteiger partial charge in [0.2, 0.25) is 0 Å². The van der Waals surface area contributed by atoms with Gasteiger partial charge in [-0.05, 0) is 17.9 Å². The number of rotatable bonds is 8. The van der Waals surface area contributed by atoms with Crippen molar-refractivity contribution < 1.29 is 5.11 Å². The van der Waals surface area contributed by atoms with E-state index >= 15 is 0 Å². The molecular formula is C20H23N3OS. The molecule has 0 aliphatic heterocycles. The predicted octanol–water partition coefficient (Wildman–Crippen LogP) is 3.95. The number of benzene rings is 1. The Morgan fingerprint density at radius 3 is 2.80 bits per heavy atom. The maximum absolute atomic E-state index is 10.6. The van der Waals surface area contributed by atoms with Gasteiger partial charge in [-0.15, -0.1) is 11.3 Å². The van der Waals surface area contributed by atoms with Gasteiger partial charge < -0.3 is 15.4 Å². The molecule has 2 atom stereocenters. The second-order valence-electron chi connectivity index (χ2n) is 6.05. The quantitative estimate of drug-likeness (QED) is 0.575. The highest BCUT2D eigenvalue weighted by Gasteiger charge is 2.22. The number of hydrogen-bond donors (Lipinski definition) is 3. The molecule has 130 valence electrons. The van der Waals surface area contributed by atoms with Crippen LogP contribution in [0.3, 0.4) is 0 Å². The molecule has 2 heterocycles. The van der Waals surface area contributed by atoms with Gasteiger partial charge in [-0.1, -0.05) is 49.9 Å². The number of aliphatic hydroxyl groups is 1. The summed E-state index contributed by atoms with van der Waals surface area (Å²) in [5, 5.41) is 15.9. The molecule has 5 heteroatoms. The van der Waals surface area contributed by atoms with Gasteiger partial charge in [-0.2, -0.15) is 0 Å². The lowest BCUT2D eigenvalue weighted by Crippen LogP contribution is -2.29. The zero-order valence-electron chi connectivity index (χ0n) is 14.3.